The quantitative estimate of drug-likeness (QED) is 0.677. The van der Waals surface area contributed by atoms with Crippen molar-refractivity contribution in [2.75, 3.05) is 26.2 Å². The molecule has 0 bridgehead atoms. The Morgan fingerprint density at radius 3 is 2.83 bits per heavy atom. The smallest absolute Gasteiger partial charge is 0.243 e. The van der Waals surface area contributed by atoms with Crippen molar-refractivity contribution in [2.45, 2.75) is 24.2 Å². The molecule has 1 saturated heterocycles. The molecule has 0 aliphatic carbocycles. The van der Waals surface area contributed by atoms with Crippen molar-refractivity contribution < 1.29 is 17.6 Å². The summed E-state index contributed by atoms with van der Waals surface area (Å²) in [7, 11) is -3.94. The van der Waals surface area contributed by atoms with E-state index >= 15 is 0 Å². The molecule has 1 aliphatic heterocycles. The number of hydrogen-bond donors (Lipinski definition) is 3. The lowest BCUT2D eigenvalue weighted by Crippen LogP contribution is -2.39. The highest BCUT2D eigenvalue weighted by Gasteiger charge is 2.18. The van der Waals surface area contributed by atoms with Crippen LogP contribution in [-0.4, -0.2) is 40.5 Å². The molecule has 1 amide bonds. The average molecular weight is 343 g/mol. The zero-order chi connectivity index (χ0) is 16.7. The maximum absolute atomic E-state index is 13.5. The van der Waals surface area contributed by atoms with Crippen LogP contribution < -0.4 is 15.4 Å². The monoisotopic (exact) mass is 343 g/mol. The number of sulfonamides is 1. The van der Waals surface area contributed by atoms with Crippen LogP contribution in [0.1, 0.15) is 19.3 Å². The van der Waals surface area contributed by atoms with Gasteiger partial charge in [0.05, 0.1) is 0 Å². The number of rotatable bonds is 7. The van der Waals surface area contributed by atoms with Gasteiger partial charge in [-0.1, -0.05) is 12.1 Å². The van der Waals surface area contributed by atoms with Crippen LogP contribution in [0.5, 0.6) is 0 Å². The number of nitrogens with one attached hydrogen (secondary N) is 3. The molecule has 0 spiro atoms. The van der Waals surface area contributed by atoms with E-state index in [-0.39, 0.29) is 18.9 Å². The molecular formula is C15H22FN3O3S. The highest BCUT2D eigenvalue weighted by Crippen LogP contribution is 2.13. The molecule has 1 aromatic carbocycles. The van der Waals surface area contributed by atoms with Gasteiger partial charge >= 0.3 is 0 Å². The van der Waals surface area contributed by atoms with E-state index in [0.29, 0.717) is 12.5 Å². The van der Waals surface area contributed by atoms with E-state index in [1.54, 1.807) is 0 Å². The van der Waals surface area contributed by atoms with E-state index in [2.05, 4.69) is 15.4 Å². The van der Waals surface area contributed by atoms with Crippen molar-refractivity contribution in [1.29, 1.82) is 0 Å². The summed E-state index contributed by atoms with van der Waals surface area (Å²) in [4.78, 5) is 11.3. The van der Waals surface area contributed by atoms with E-state index in [0.717, 1.165) is 32.0 Å². The molecule has 3 N–H and O–H groups in total. The first-order valence-corrected chi connectivity index (χ1v) is 9.19. The highest BCUT2D eigenvalue weighted by atomic mass is 32.2. The van der Waals surface area contributed by atoms with Gasteiger partial charge in [0.2, 0.25) is 15.9 Å². The lowest BCUT2D eigenvalue weighted by atomic mass is 10.00. The molecule has 1 fully saturated rings. The minimum absolute atomic E-state index is 0.0217. The fourth-order valence-corrected chi connectivity index (χ4v) is 3.59. The number of piperidine rings is 1. The van der Waals surface area contributed by atoms with E-state index in [1.807, 2.05) is 0 Å². The fraction of sp³-hybridized carbons (Fsp3) is 0.533. The predicted octanol–water partition coefficient (Wildman–Crippen LogP) is 0.610. The Balaban J connectivity index is 1.73. The Hall–Kier alpha value is -1.51. The minimum atomic E-state index is -3.94. The third kappa shape index (κ3) is 5.56. The number of halogens is 1. The summed E-state index contributed by atoms with van der Waals surface area (Å²) in [6, 6.07) is 5.14. The van der Waals surface area contributed by atoms with Crippen molar-refractivity contribution in [2.24, 2.45) is 5.92 Å². The van der Waals surface area contributed by atoms with Crippen molar-refractivity contribution in [3.8, 4) is 0 Å². The lowest BCUT2D eigenvalue weighted by molar-refractivity contribution is -0.121. The second-order valence-electron chi connectivity index (χ2n) is 5.59. The standard InChI is InChI=1S/C15H22FN3O3S/c16-13-5-1-2-6-14(13)23(21,22)19-9-7-15(20)18-11-12-4-3-8-17-10-12/h1-2,5-6,12,17,19H,3-4,7-11H2,(H,18,20). The third-order valence-electron chi connectivity index (χ3n) is 3.76. The van der Waals surface area contributed by atoms with Gasteiger partial charge in [0, 0.05) is 19.5 Å². The van der Waals surface area contributed by atoms with Crippen LogP contribution in [0.2, 0.25) is 0 Å². The Kier molecular flexibility index (Phi) is 6.49. The molecule has 128 valence electrons. The lowest BCUT2D eigenvalue weighted by Gasteiger charge is -2.22. The Morgan fingerprint density at radius 1 is 1.35 bits per heavy atom. The van der Waals surface area contributed by atoms with Crippen LogP contribution in [-0.2, 0) is 14.8 Å². The molecule has 0 saturated carbocycles. The van der Waals surface area contributed by atoms with E-state index in [9.17, 15) is 17.6 Å². The van der Waals surface area contributed by atoms with Crippen molar-refractivity contribution in [1.82, 2.24) is 15.4 Å². The van der Waals surface area contributed by atoms with Gasteiger partial charge < -0.3 is 10.6 Å². The number of carbonyl (C=O) groups excluding carboxylic acids is 1. The Morgan fingerprint density at radius 2 is 2.13 bits per heavy atom. The number of amides is 1. The van der Waals surface area contributed by atoms with E-state index < -0.39 is 20.7 Å². The summed E-state index contributed by atoms with van der Waals surface area (Å²) >= 11 is 0. The maximum atomic E-state index is 13.5. The summed E-state index contributed by atoms with van der Waals surface area (Å²) < 4.78 is 39.6. The van der Waals surface area contributed by atoms with E-state index in [4.69, 9.17) is 0 Å². The SMILES string of the molecule is O=C(CCNS(=O)(=O)c1ccccc1F)NCC1CCCNC1. The molecule has 1 unspecified atom stereocenters. The summed E-state index contributed by atoms with van der Waals surface area (Å²) in [5, 5.41) is 6.07. The molecule has 0 radical (unpaired) electrons. The zero-order valence-electron chi connectivity index (χ0n) is 12.8. The molecule has 6 nitrogen and oxygen atoms in total. The van der Waals surface area contributed by atoms with Crippen molar-refractivity contribution in [3.05, 3.63) is 30.1 Å². The molecule has 0 aromatic heterocycles. The molecule has 1 heterocycles. The Labute approximate surface area is 135 Å². The summed E-state index contributed by atoms with van der Waals surface area (Å²) in [6.07, 6.45) is 2.20. The van der Waals surface area contributed by atoms with Gasteiger partial charge in [0.15, 0.2) is 0 Å². The molecule has 2 rings (SSSR count). The van der Waals surface area contributed by atoms with Gasteiger partial charge in [-0.25, -0.2) is 17.5 Å². The van der Waals surface area contributed by atoms with Crippen LogP contribution in [0.3, 0.4) is 0 Å². The van der Waals surface area contributed by atoms with Gasteiger partial charge in [0.25, 0.3) is 0 Å². The normalized spacial score (nSPS) is 18.6. The summed E-state index contributed by atoms with van der Waals surface area (Å²) in [6.45, 7) is 2.43. The minimum Gasteiger partial charge on any atom is -0.356 e. The fourth-order valence-electron chi connectivity index (χ4n) is 2.48. The van der Waals surface area contributed by atoms with Crippen molar-refractivity contribution >= 4 is 15.9 Å². The second-order valence-corrected chi connectivity index (χ2v) is 7.33. The van der Waals surface area contributed by atoms with Crippen LogP contribution in [0.25, 0.3) is 0 Å². The first kappa shape index (κ1) is 17.8. The van der Waals surface area contributed by atoms with Crippen molar-refractivity contribution in [3.63, 3.8) is 0 Å². The van der Waals surface area contributed by atoms with Crippen LogP contribution in [0, 0.1) is 11.7 Å². The number of carbonyl (C=O) groups is 1. The van der Waals surface area contributed by atoms with Gasteiger partial charge in [-0.2, -0.15) is 0 Å². The second kappa shape index (κ2) is 8.37. The molecule has 8 heteroatoms. The predicted molar refractivity (Wildman–Crippen MR) is 84.8 cm³/mol. The maximum Gasteiger partial charge on any atom is 0.243 e. The topological polar surface area (TPSA) is 87.3 Å². The van der Waals surface area contributed by atoms with Gasteiger partial charge in [0.1, 0.15) is 10.7 Å². The zero-order valence-corrected chi connectivity index (χ0v) is 13.7. The highest BCUT2D eigenvalue weighted by molar-refractivity contribution is 7.89. The molecule has 23 heavy (non-hydrogen) atoms. The first-order chi connectivity index (χ1) is 11.0. The van der Waals surface area contributed by atoms with Gasteiger partial charge in [-0.15, -0.1) is 0 Å². The van der Waals surface area contributed by atoms with Gasteiger partial charge in [-0.05, 0) is 44.0 Å². The largest absolute Gasteiger partial charge is 0.356 e. The average Bonchev–Trinajstić information content (AvgIpc) is 2.54. The number of benzene rings is 1. The molecule has 1 aliphatic rings. The summed E-state index contributed by atoms with van der Waals surface area (Å²) in [5.74, 6) is -0.608. The first-order valence-electron chi connectivity index (χ1n) is 7.70. The number of hydrogen-bond acceptors (Lipinski definition) is 4. The van der Waals surface area contributed by atoms with Crippen LogP contribution in [0.4, 0.5) is 4.39 Å². The molecule has 1 atom stereocenters. The summed E-state index contributed by atoms with van der Waals surface area (Å²) in [5.41, 5.74) is 0. The third-order valence-corrected chi connectivity index (χ3v) is 5.25. The van der Waals surface area contributed by atoms with E-state index in [1.165, 1.54) is 18.2 Å². The van der Waals surface area contributed by atoms with Crippen LogP contribution >= 0.6 is 0 Å². The molecular weight excluding hydrogens is 321 g/mol. The Bertz CT molecular complexity index is 631. The van der Waals surface area contributed by atoms with Gasteiger partial charge in [-0.3, -0.25) is 4.79 Å². The van der Waals surface area contributed by atoms with Crippen LogP contribution in [0.15, 0.2) is 29.2 Å². The molecule has 1 aromatic rings.